The lowest BCUT2D eigenvalue weighted by molar-refractivity contribution is -0.597. The minimum absolute atomic E-state index is 0.0180. The van der Waals surface area contributed by atoms with Crippen molar-refractivity contribution in [2.45, 2.75) is 18.9 Å². The molecule has 0 radical (unpaired) electrons. The highest BCUT2D eigenvalue weighted by atomic mass is 35.5. The Labute approximate surface area is 149 Å². The molecule has 0 aliphatic carbocycles. The highest BCUT2D eigenvalue weighted by Crippen LogP contribution is 2.21. The van der Waals surface area contributed by atoms with E-state index in [4.69, 9.17) is 34.7 Å². The Bertz CT molecular complexity index is 740. The van der Waals surface area contributed by atoms with E-state index in [1.165, 1.54) is 12.1 Å². The van der Waals surface area contributed by atoms with E-state index in [-0.39, 0.29) is 34.9 Å². The summed E-state index contributed by atoms with van der Waals surface area (Å²) in [4.78, 5) is 12.3. The van der Waals surface area contributed by atoms with Gasteiger partial charge in [-0.15, -0.1) is 0 Å². The first-order valence-corrected chi connectivity index (χ1v) is 8.09. The van der Waals surface area contributed by atoms with Crippen molar-refractivity contribution in [2.24, 2.45) is 5.73 Å². The number of nitrogens with zero attached hydrogens (tertiary/aromatic N) is 1. The molecule has 2 aromatic rings. The molecule has 24 heavy (non-hydrogen) atoms. The molecule has 0 aliphatic heterocycles. The third kappa shape index (κ3) is 4.50. The Balaban J connectivity index is 2.16. The van der Waals surface area contributed by atoms with E-state index in [9.17, 15) is 10.0 Å². The van der Waals surface area contributed by atoms with E-state index in [0.717, 1.165) is 5.56 Å². The SMILES string of the molecule is NCCC(NC(=O)Cc1c(Cl)ccc(N)[n+]1[O-])c1cccc(Cl)c1. The zero-order chi connectivity index (χ0) is 17.7. The van der Waals surface area contributed by atoms with Gasteiger partial charge in [0.1, 0.15) is 5.69 Å². The summed E-state index contributed by atoms with van der Waals surface area (Å²) in [5.41, 5.74) is 12.1. The minimum atomic E-state index is -0.356. The quantitative estimate of drug-likeness (QED) is 0.534. The summed E-state index contributed by atoms with van der Waals surface area (Å²) in [7, 11) is 0. The molecular formula is C16H18Cl2N4O2. The predicted molar refractivity (Wildman–Crippen MR) is 94.5 cm³/mol. The number of aromatic nitrogens is 1. The van der Waals surface area contributed by atoms with Crippen LogP contribution in [0.5, 0.6) is 0 Å². The number of hydrogen-bond acceptors (Lipinski definition) is 4. The maximum absolute atomic E-state index is 12.3. The first-order chi connectivity index (χ1) is 11.4. The van der Waals surface area contributed by atoms with Gasteiger partial charge in [0.2, 0.25) is 5.91 Å². The summed E-state index contributed by atoms with van der Waals surface area (Å²) in [5.74, 6) is -0.374. The number of anilines is 1. The average Bonchev–Trinajstić information content (AvgIpc) is 2.55. The molecule has 1 aromatic carbocycles. The molecule has 1 amide bonds. The van der Waals surface area contributed by atoms with Crippen LogP contribution in [0.3, 0.4) is 0 Å². The number of rotatable bonds is 6. The number of nitrogens with two attached hydrogens (primary N) is 2. The van der Waals surface area contributed by atoms with Gasteiger partial charge < -0.3 is 16.3 Å². The van der Waals surface area contributed by atoms with Crippen molar-refractivity contribution < 1.29 is 9.52 Å². The molecule has 0 bridgehead atoms. The van der Waals surface area contributed by atoms with Gasteiger partial charge in [0.25, 0.3) is 5.82 Å². The molecule has 0 aliphatic rings. The fourth-order valence-electron chi connectivity index (χ4n) is 2.34. The van der Waals surface area contributed by atoms with Crippen molar-refractivity contribution in [1.29, 1.82) is 0 Å². The van der Waals surface area contributed by atoms with Crippen LogP contribution >= 0.6 is 23.2 Å². The Morgan fingerprint density at radius 2 is 2.04 bits per heavy atom. The number of amides is 1. The molecule has 0 saturated carbocycles. The molecule has 8 heteroatoms. The van der Waals surface area contributed by atoms with Crippen LogP contribution in [-0.2, 0) is 11.2 Å². The number of hydrogen-bond donors (Lipinski definition) is 3. The van der Waals surface area contributed by atoms with Crippen molar-refractivity contribution in [1.82, 2.24) is 5.32 Å². The number of pyridine rings is 1. The smallest absolute Gasteiger partial charge is 0.275 e. The zero-order valence-electron chi connectivity index (χ0n) is 12.8. The van der Waals surface area contributed by atoms with Crippen LogP contribution in [0, 0.1) is 5.21 Å². The summed E-state index contributed by atoms with van der Waals surface area (Å²) < 4.78 is 0.458. The van der Waals surface area contributed by atoms with Crippen molar-refractivity contribution >= 4 is 34.9 Å². The molecule has 0 saturated heterocycles. The molecule has 5 N–H and O–H groups in total. The van der Waals surface area contributed by atoms with Gasteiger partial charge in [0.05, 0.1) is 17.5 Å². The second kappa shape index (κ2) is 8.19. The molecule has 128 valence electrons. The van der Waals surface area contributed by atoms with Crippen LogP contribution in [0.4, 0.5) is 5.82 Å². The van der Waals surface area contributed by atoms with E-state index in [2.05, 4.69) is 5.32 Å². The summed E-state index contributed by atoms with van der Waals surface area (Å²) in [6.07, 6.45) is 0.350. The summed E-state index contributed by atoms with van der Waals surface area (Å²) in [5, 5.41) is 15.6. The fraction of sp³-hybridized carbons (Fsp3) is 0.250. The maximum Gasteiger partial charge on any atom is 0.275 e. The van der Waals surface area contributed by atoms with Gasteiger partial charge in [-0.25, -0.2) is 4.73 Å². The summed E-state index contributed by atoms with van der Waals surface area (Å²) >= 11 is 12.0. The molecule has 6 nitrogen and oxygen atoms in total. The highest BCUT2D eigenvalue weighted by Gasteiger charge is 2.18. The lowest BCUT2D eigenvalue weighted by atomic mass is 10.0. The van der Waals surface area contributed by atoms with Crippen LogP contribution in [0.15, 0.2) is 36.4 Å². The third-order valence-corrected chi connectivity index (χ3v) is 4.10. The largest absolute Gasteiger partial charge is 0.710 e. The van der Waals surface area contributed by atoms with Crippen molar-refractivity contribution in [3.05, 3.63) is 62.9 Å². The van der Waals surface area contributed by atoms with Gasteiger partial charge in [-0.05, 0) is 36.7 Å². The van der Waals surface area contributed by atoms with Gasteiger partial charge in [-0.2, -0.15) is 0 Å². The second-order valence-corrected chi connectivity index (χ2v) is 6.12. The Hall–Kier alpha value is -2.02. The van der Waals surface area contributed by atoms with Crippen molar-refractivity contribution in [3.8, 4) is 0 Å². The second-order valence-electron chi connectivity index (χ2n) is 5.28. The summed E-state index contributed by atoms with van der Waals surface area (Å²) in [6.45, 7) is 0.387. The minimum Gasteiger partial charge on any atom is -0.710 e. The maximum atomic E-state index is 12.3. The number of carbonyl (C=O) groups excluding carboxylic acids is 1. The molecule has 1 atom stereocenters. The molecule has 1 unspecified atom stereocenters. The third-order valence-electron chi connectivity index (χ3n) is 3.53. The lowest BCUT2D eigenvalue weighted by Gasteiger charge is -2.19. The zero-order valence-corrected chi connectivity index (χ0v) is 14.3. The number of carbonyl (C=O) groups is 1. The molecule has 0 spiro atoms. The first-order valence-electron chi connectivity index (χ1n) is 7.33. The van der Waals surface area contributed by atoms with Crippen LogP contribution in [-0.4, -0.2) is 12.5 Å². The van der Waals surface area contributed by atoms with Crippen molar-refractivity contribution in [2.75, 3.05) is 12.3 Å². The van der Waals surface area contributed by atoms with Crippen LogP contribution in [0.1, 0.15) is 23.7 Å². The van der Waals surface area contributed by atoms with Crippen molar-refractivity contribution in [3.63, 3.8) is 0 Å². The number of halogens is 2. The molecule has 2 rings (SSSR count). The van der Waals surface area contributed by atoms with Gasteiger partial charge in [-0.3, -0.25) is 10.5 Å². The highest BCUT2D eigenvalue weighted by molar-refractivity contribution is 6.31. The monoisotopic (exact) mass is 368 g/mol. The van der Waals surface area contributed by atoms with Gasteiger partial charge >= 0.3 is 0 Å². The first kappa shape index (κ1) is 18.3. The van der Waals surface area contributed by atoms with E-state index in [1.807, 2.05) is 6.07 Å². The van der Waals surface area contributed by atoms with E-state index < -0.39 is 0 Å². The van der Waals surface area contributed by atoms with E-state index in [0.29, 0.717) is 22.7 Å². The van der Waals surface area contributed by atoms with E-state index >= 15 is 0 Å². The number of nitrogen functional groups attached to an aromatic ring is 1. The van der Waals surface area contributed by atoms with Gasteiger partial charge in [0, 0.05) is 11.1 Å². The van der Waals surface area contributed by atoms with Gasteiger partial charge in [0.15, 0.2) is 0 Å². The van der Waals surface area contributed by atoms with Gasteiger partial charge in [-0.1, -0.05) is 35.3 Å². The number of nitrogens with one attached hydrogen (secondary N) is 1. The average molecular weight is 369 g/mol. The molecule has 0 fully saturated rings. The molecule has 1 aromatic heterocycles. The van der Waals surface area contributed by atoms with Crippen LogP contribution in [0.2, 0.25) is 10.0 Å². The van der Waals surface area contributed by atoms with Crippen LogP contribution in [0.25, 0.3) is 0 Å². The Morgan fingerprint density at radius 3 is 2.71 bits per heavy atom. The fourth-order valence-corrected chi connectivity index (χ4v) is 2.75. The normalized spacial score (nSPS) is 12.0. The molecule has 1 heterocycles. The lowest BCUT2D eigenvalue weighted by Crippen LogP contribution is -2.39. The Kier molecular flexibility index (Phi) is 6.25. The summed E-state index contributed by atoms with van der Waals surface area (Å²) in [6, 6.07) is 9.74. The molecular weight excluding hydrogens is 351 g/mol. The number of benzene rings is 1. The van der Waals surface area contributed by atoms with Crippen LogP contribution < -0.4 is 21.5 Å². The standard InChI is InChI=1S/C16H18Cl2N4O2/c17-11-3-1-2-10(8-11)13(6-7-19)21-16(23)9-14-12(18)4-5-15(20)22(14)24/h1-5,8,13H,6-7,9,19-20H2,(H,21,23). The topological polar surface area (TPSA) is 108 Å². The van der Waals surface area contributed by atoms with E-state index in [1.54, 1.807) is 18.2 Å². The Morgan fingerprint density at radius 1 is 1.29 bits per heavy atom. The predicted octanol–water partition coefficient (Wildman–Crippen LogP) is 1.96.